The molecule has 0 bridgehead atoms. The highest BCUT2D eigenvalue weighted by molar-refractivity contribution is 9.09. The number of para-hydroxylation sites is 1. The monoisotopic (exact) mass is 358 g/mol. The molecule has 1 aromatic heterocycles. The molecule has 0 aliphatic carbocycles. The summed E-state index contributed by atoms with van der Waals surface area (Å²) in [6.07, 6.45) is 6.07. The van der Waals surface area contributed by atoms with Crippen LogP contribution in [0.5, 0.6) is 0 Å². The third kappa shape index (κ3) is 3.22. The summed E-state index contributed by atoms with van der Waals surface area (Å²) in [5.41, 5.74) is 3.46. The van der Waals surface area contributed by atoms with Crippen molar-refractivity contribution in [2.75, 3.05) is 6.26 Å². The molecular formula is C17H15BrN2S. The first-order valence-corrected chi connectivity index (χ1v) is 8.80. The van der Waals surface area contributed by atoms with E-state index in [1.54, 1.807) is 11.8 Å². The number of rotatable bonds is 4. The van der Waals surface area contributed by atoms with Crippen molar-refractivity contribution in [1.29, 1.82) is 0 Å². The minimum absolute atomic E-state index is 0.158. The van der Waals surface area contributed by atoms with Crippen LogP contribution in [0.3, 0.4) is 0 Å². The van der Waals surface area contributed by atoms with Crippen molar-refractivity contribution in [2.24, 2.45) is 0 Å². The lowest BCUT2D eigenvalue weighted by molar-refractivity contribution is 0.880. The molecular weight excluding hydrogens is 344 g/mol. The van der Waals surface area contributed by atoms with E-state index in [1.165, 1.54) is 10.5 Å². The minimum Gasteiger partial charge on any atom is -0.241 e. The average Bonchev–Trinajstić information content (AvgIpc) is 3.05. The van der Waals surface area contributed by atoms with Crippen LogP contribution < -0.4 is 0 Å². The smallest absolute Gasteiger partial charge is 0.0675 e. The molecule has 0 N–H and O–H groups in total. The van der Waals surface area contributed by atoms with Gasteiger partial charge in [-0.2, -0.15) is 5.10 Å². The molecule has 106 valence electrons. The Morgan fingerprint density at radius 2 is 1.71 bits per heavy atom. The van der Waals surface area contributed by atoms with E-state index >= 15 is 0 Å². The van der Waals surface area contributed by atoms with Crippen molar-refractivity contribution in [3.05, 3.63) is 78.1 Å². The standard InChI is InChI=1S/C17H15BrN2S/c1-21-16-9-7-13(8-10-16)17(18)14-11-19-20(12-14)15-5-3-2-4-6-15/h2-12,17H,1H3. The molecule has 21 heavy (non-hydrogen) atoms. The largest absolute Gasteiger partial charge is 0.241 e. The maximum Gasteiger partial charge on any atom is 0.0675 e. The van der Waals surface area contributed by atoms with Crippen LogP contribution in [0.25, 0.3) is 5.69 Å². The van der Waals surface area contributed by atoms with Gasteiger partial charge in [0.2, 0.25) is 0 Å². The molecule has 3 rings (SSSR count). The fraction of sp³-hybridized carbons (Fsp3) is 0.118. The summed E-state index contributed by atoms with van der Waals surface area (Å²) in [6.45, 7) is 0. The van der Waals surface area contributed by atoms with Crippen molar-refractivity contribution in [1.82, 2.24) is 9.78 Å². The van der Waals surface area contributed by atoms with E-state index in [0.717, 1.165) is 11.3 Å². The van der Waals surface area contributed by atoms with Gasteiger partial charge in [-0.3, -0.25) is 0 Å². The lowest BCUT2D eigenvalue weighted by Crippen LogP contribution is -1.94. The van der Waals surface area contributed by atoms with Gasteiger partial charge in [-0.05, 0) is 36.1 Å². The number of hydrogen-bond donors (Lipinski definition) is 0. The summed E-state index contributed by atoms with van der Waals surface area (Å²) in [4.78, 5) is 1.43. The number of halogens is 1. The molecule has 0 aliphatic rings. The lowest BCUT2D eigenvalue weighted by Gasteiger charge is -2.08. The average molecular weight is 359 g/mol. The van der Waals surface area contributed by atoms with E-state index in [2.05, 4.69) is 57.7 Å². The van der Waals surface area contributed by atoms with Crippen LogP contribution in [-0.2, 0) is 0 Å². The van der Waals surface area contributed by atoms with Crippen molar-refractivity contribution >= 4 is 27.7 Å². The molecule has 0 spiro atoms. The van der Waals surface area contributed by atoms with Gasteiger partial charge >= 0.3 is 0 Å². The van der Waals surface area contributed by atoms with Crippen LogP contribution in [0.4, 0.5) is 0 Å². The quantitative estimate of drug-likeness (QED) is 0.478. The molecule has 0 amide bonds. The third-order valence-corrected chi connectivity index (χ3v) is 5.13. The Morgan fingerprint density at radius 1 is 1.00 bits per heavy atom. The third-order valence-electron chi connectivity index (χ3n) is 3.32. The van der Waals surface area contributed by atoms with Crippen LogP contribution in [0.15, 0.2) is 71.9 Å². The zero-order chi connectivity index (χ0) is 14.7. The first kappa shape index (κ1) is 14.4. The van der Waals surface area contributed by atoms with Gasteiger partial charge in [0, 0.05) is 16.7 Å². The summed E-state index contributed by atoms with van der Waals surface area (Å²) in [5, 5.41) is 4.45. The van der Waals surface area contributed by atoms with E-state index < -0.39 is 0 Å². The second-order valence-electron chi connectivity index (χ2n) is 4.69. The van der Waals surface area contributed by atoms with E-state index in [1.807, 2.05) is 41.2 Å². The number of benzene rings is 2. The Kier molecular flexibility index (Phi) is 4.46. The molecule has 2 nitrogen and oxygen atoms in total. The number of hydrogen-bond acceptors (Lipinski definition) is 2. The summed E-state index contributed by atoms with van der Waals surface area (Å²) in [6, 6.07) is 18.8. The highest BCUT2D eigenvalue weighted by Crippen LogP contribution is 2.31. The first-order chi connectivity index (χ1) is 10.3. The van der Waals surface area contributed by atoms with Gasteiger partial charge in [0.15, 0.2) is 0 Å². The predicted octanol–water partition coefficient (Wildman–Crippen LogP) is 5.08. The van der Waals surface area contributed by atoms with Gasteiger partial charge in [0.05, 0.1) is 16.7 Å². The highest BCUT2D eigenvalue weighted by atomic mass is 79.9. The normalized spacial score (nSPS) is 12.3. The van der Waals surface area contributed by atoms with Gasteiger partial charge in [-0.25, -0.2) is 4.68 Å². The molecule has 3 aromatic rings. The maximum atomic E-state index is 4.45. The molecule has 0 fully saturated rings. The van der Waals surface area contributed by atoms with Crippen LogP contribution in [0.2, 0.25) is 0 Å². The van der Waals surface area contributed by atoms with Crippen LogP contribution in [-0.4, -0.2) is 16.0 Å². The maximum absolute atomic E-state index is 4.45. The molecule has 1 atom stereocenters. The van der Waals surface area contributed by atoms with E-state index in [-0.39, 0.29) is 4.83 Å². The van der Waals surface area contributed by atoms with Gasteiger partial charge in [-0.15, -0.1) is 11.8 Å². The Labute approximate surface area is 137 Å². The lowest BCUT2D eigenvalue weighted by atomic mass is 10.1. The molecule has 1 heterocycles. The van der Waals surface area contributed by atoms with E-state index in [9.17, 15) is 0 Å². The SMILES string of the molecule is CSc1ccc(C(Br)c2cnn(-c3ccccc3)c2)cc1. The van der Waals surface area contributed by atoms with Gasteiger partial charge in [0.25, 0.3) is 0 Å². The van der Waals surface area contributed by atoms with Crippen LogP contribution in [0, 0.1) is 0 Å². The zero-order valence-electron chi connectivity index (χ0n) is 11.6. The molecule has 2 aromatic carbocycles. The fourth-order valence-electron chi connectivity index (χ4n) is 2.15. The van der Waals surface area contributed by atoms with Crippen molar-refractivity contribution in [2.45, 2.75) is 9.72 Å². The Hall–Kier alpha value is -1.52. The molecule has 0 saturated carbocycles. The Morgan fingerprint density at radius 3 is 2.38 bits per heavy atom. The highest BCUT2D eigenvalue weighted by Gasteiger charge is 2.13. The second-order valence-corrected chi connectivity index (χ2v) is 6.48. The van der Waals surface area contributed by atoms with Crippen molar-refractivity contribution in [3.8, 4) is 5.69 Å². The zero-order valence-corrected chi connectivity index (χ0v) is 14.0. The fourth-order valence-corrected chi connectivity index (χ4v) is 3.10. The second kappa shape index (κ2) is 6.50. The Bertz CT molecular complexity index is 707. The number of nitrogens with zero attached hydrogens (tertiary/aromatic N) is 2. The van der Waals surface area contributed by atoms with Gasteiger partial charge in [0.1, 0.15) is 0 Å². The van der Waals surface area contributed by atoms with Crippen molar-refractivity contribution in [3.63, 3.8) is 0 Å². The number of alkyl halides is 1. The first-order valence-electron chi connectivity index (χ1n) is 6.66. The molecule has 0 aliphatic heterocycles. The predicted molar refractivity (Wildman–Crippen MR) is 92.6 cm³/mol. The van der Waals surface area contributed by atoms with Crippen LogP contribution >= 0.6 is 27.7 Å². The summed E-state index contributed by atoms with van der Waals surface area (Å²) >= 11 is 5.52. The molecule has 4 heteroatoms. The molecule has 1 unspecified atom stereocenters. The van der Waals surface area contributed by atoms with Gasteiger partial charge in [-0.1, -0.05) is 46.3 Å². The number of aromatic nitrogens is 2. The van der Waals surface area contributed by atoms with E-state index in [4.69, 9.17) is 0 Å². The van der Waals surface area contributed by atoms with Crippen LogP contribution in [0.1, 0.15) is 16.0 Å². The Balaban J connectivity index is 1.85. The minimum atomic E-state index is 0.158. The topological polar surface area (TPSA) is 17.8 Å². The number of thioether (sulfide) groups is 1. The summed E-state index contributed by atoms with van der Waals surface area (Å²) < 4.78 is 1.90. The molecule has 0 radical (unpaired) electrons. The summed E-state index contributed by atoms with van der Waals surface area (Å²) in [7, 11) is 0. The molecule has 0 saturated heterocycles. The van der Waals surface area contributed by atoms with E-state index in [0.29, 0.717) is 0 Å². The van der Waals surface area contributed by atoms with Gasteiger partial charge < -0.3 is 0 Å². The summed E-state index contributed by atoms with van der Waals surface area (Å²) in [5.74, 6) is 0. The van der Waals surface area contributed by atoms with Crippen molar-refractivity contribution < 1.29 is 0 Å².